The van der Waals surface area contributed by atoms with E-state index >= 15 is 0 Å². The maximum Gasteiger partial charge on any atom is -0.0386 e. The van der Waals surface area contributed by atoms with Crippen molar-refractivity contribution in [2.45, 2.75) is 104 Å². The molecular weight excluding hydrogens is 240 g/mol. The Morgan fingerprint density at radius 1 is 0.800 bits per heavy atom. The smallest absolute Gasteiger partial charge is 0.0386 e. The van der Waals surface area contributed by atoms with Crippen LogP contribution in [-0.2, 0) is 0 Å². The minimum atomic E-state index is 0.784. The fraction of sp³-hybridized carbons (Fsp3) is 0.900. The molecule has 0 heterocycles. The molecule has 1 aliphatic carbocycles. The van der Waals surface area contributed by atoms with E-state index in [1.54, 1.807) is 0 Å². The van der Waals surface area contributed by atoms with Crippen LogP contribution in [0.4, 0.5) is 0 Å². The van der Waals surface area contributed by atoms with Gasteiger partial charge < -0.3 is 0 Å². The van der Waals surface area contributed by atoms with Crippen molar-refractivity contribution in [3.05, 3.63) is 13.8 Å². The summed E-state index contributed by atoms with van der Waals surface area (Å²) in [6.07, 6.45) is 19.4. The minimum absolute atomic E-state index is 0.784. The second kappa shape index (κ2) is 15.4. The fourth-order valence-electron chi connectivity index (χ4n) is 3.09. The lowest BCUT2D eigenvalue weighted by Crippen LogP contribution is -2.03. The summed E-state index contributed by atoms with van der Waals surface area (Å²) in [5.74, 6) is 1.76. The maximum atomic E-state index is 4.17. The fourth-order valence-corrected chi connectivity index (χ4v) is 3.09. The molecule has 0 amide bonds. The first-order chi connectivity index (χ1) is 9.76. The van der Waals surface area contributed by atoms with Crippen molar-refractivity contribution in [2.75, 3.05) is 0 Å². The standard InChI is InChI=1S/C10H19.C10H21/c1-3-4-7-10-8-5-6-9(10)2;1-3-5-7-9-10-8-6-4-2/h9-10H,2-8H2,1H3;1,3-10H2,2H3. The van der Waals surface area contributed by atoms with Crippen molar-refractivity contribution in [3.63, 3.8) is 0 Å². The Labute approximate surface area is 130 Å². The zero-order chi connectivity index (χ0) is 15.1. The first kappa shape index (κ1) is 20.0. The van der Waals surface area contributed by atoms with E-state index in [-0.39, 0.29) is 0 Å². The summed E-state index contributed by atoms with van der Waals surface area (Å²) in [7, 11) is 0. The monoisotopic (exact) mass is 280 g/mol. The highest BCUT2D eigenvalue weighted by Gasteiger charge is 2.21. The largest absolute Gasteiger partial charge is 0.0654 e. The van der Waals surface area contributed by atoms with E-state index in [0.717, 1.165) is 18.3 Å². The molecular formula is C20H40. The summed E-state index contributed by atoms with van der Waals surface area (Å²) in [6.45, 7) is 12.5. The quantitative estimate of drug-likeness (QED) is 0.366. The van der Waals surface area contributed by atoms with Gasteiger partial charge in [-0.25, -0.2) is 0 Å². The zero-order valence-corrected chi connectivity index (χ0v) is 14.5. The molecule has 2 unspecified atom stereocenters. The van der Waals surface area contributed by atoms with Crippen molar-refractivity contribution in [1.29, 1.82) is 0 Å². The Morgan fingerprint density at radius 2 is 1.40 bits per heavy atom. The molecule has 0 aromatic rings. The first-order valence-corrected chi connectivity index (χ1v) is 9.38. The Bertz CT molecular complexity index is 165. The van der Waals surface area contributed by atoms with Gasteiger partial charge in [-0.05, 0) is 18.8 Å². The van der Waals surface area contributed by atoms with Crippen LogP contribution in [0.15, 0.2) is 0 Å². The molecule has 1 aliphatic rings. The summed E-state index contributed by atoms with van der Waals surface area (Å²) in [6, 6.07) is 0. The summed E-state index contributed by atoms with van der Waals surface area (Å²) in [5.41, 5.74) is 0. The summed E-state index contributed by atoms with van der Waals surface area (Å²) < 4.78 is 0. The van der Waals surface area contributed by atoms with Crippen LogP contribution in [0.2, 0.25) is 0 Å². The van der Waals surface area contributed by atoms with E-state index < -0.39 is 0 Å². The molecule has 1 saturated carbocycles. The normalized spacial score (nSPS) is 21.6. The average molecular weight is 281 g/mol. The second-order valence-electron chi connectivity index (χ2n) is 6.57. The predicted molar refractivity (Wildman–Crippen MR) is 93.7 cm³/mol. The molecule has 20 heavy (non-hydrogen) atoms. The zero-order valence-electron chi connectivity index (χ0n) is 14.5. The van der Waals surface area contributed by atoms with Gasteiger partial charge in [-0.15, -0.1) is 0 Å². The van der Waals surface area contributed by atoms with Gasteiger partial charge in [0.1, 0.15) is 0 Å². The molecule has 0 nitrogen and oxygen atoms in total. The lowest BCUT2D eigenvalue weighted by atomic mass is 9.93. The molecule has 1 rings (SSSR count). The third kappa shape index (κ3) is 11.8. The number of hydrogen-bond acceptors (Lipinski definition) is 0. The second-order valence-corrected chi connectivity index (χ2v) is 6.57. The van der Waals surface area contributed by atoms with Crippen LogP contribution < -0.4 is 0 Å². The van der Waals surface area contributed by atoms with Crippen LogP contribution in [0.3, 0.4) is 0 Å². The van der Waals surface area contributed by atoms with Crippen LogP contribution in [-0.4, -0.2) is 0 Å². The Balaban J connectivity index is 0.000000361. The van der Waals surface area contributed by atoms with Gasteiger partial charge >= 0.3 is 0 Å². The van der Waals surface area contributed by atoms with Crippen LogP contribution in [0.5, 0.6) is 0 Å². The lowest BCUT2D eigenvalue weighted by molar-refractivity contribution is 0.409. The van der Waals surface area contributed by atoms with Crippen LogP contribution in [0.25, 0.3) is 0 Å². The maximum absolute atomic E-state index is 4.17. The molecule has 2 radical (unpaired) electrons. The van der Waals surface area contributed by atoms with Gasteiger partial charge in [-0.1, -0.05) is 111 Å². The minimum Gasteiger partial charge on any atom is -0.0654 e. The van der Waals surface area contributed by atoms with Gasteiger partial charge in [-0.3, -0.25) is 0 Å². The Kier molecular flexibility index (Phi) is 15.4. The topological polar surface area (TPSA) is 0 Å². The molecule has 0 spiro atoms. The van der Waals surface area contributed by atoms with Gasteiger partial charge in [0, 0.05) is 0 Å². The van der Waals surface area contributed by atoms with Crippen molar-refractivity contribution < 1.29 is 0 Å². The molecule has 0 saturated heterocycles. The van der Waals surface area contributed by atoms with Crippen LogP contribution in [0, 0.1) is 25.7 Å². The van der Waals surface area contributed by atoms with Crippen molar-refractivity contribution in [2.24, 2.45) is 11.8 Å². The summed E-state index contributed by atoms with van der Waals surface area (Å²) >= 11 is 0. The highest BCUT2D eigenvalue weighted by atomic mass is 14.3. The average Bonchev–Trinajstić information content (AvgIpc) is 2.87. The van der Waals surface area contributed by atoms with Gasteiger partial charge in [0.15, 0.2) is 0 Å². The van der Waals surface area contributed by atoms with E-state index in [0.29, 0.717) is 0 Å². The van der Waals surface area contributed by atoms with E-state index in [2.05, 4.69) is 27.7 Å². The Morgan fingerprint density at radius 3 is 1.90 bits per heavy atom. The number of rotatable bonds is 10. The molecule has 2 atom stereocenters. The van der Waals surface area contributed by atoms with E-state index in [1.807, 2.05) is 0 Å². The van der Waals surface area contributed by atoms with Crippen molar-refractivity contribution in [1.82, 2.24) is 0 Å². The van der Waals surface area contributed by atoms with Gasteiger partial charge in [0.2, 0.25) is 0 Å². The molecule has 0 aromatic carbocycles. The predicted octanol–water partition coefficient (Wildman–Crippen LogP) is 7.39. The highest BCUT2D eigenvalue weighted by Crippen LogP contribution is 2.34. The molecule has 0 heteroatoms. The van der Waals surface area contributed by atoms with E-state index in [1.165, 1.54) is 83.5 Å². The lowest BCUT2D eigenvalue weighted by Gasteiger charge is -2.13. The first-order valence-electron chi connectivity index (χ1n) is 9.38. The highest BCUT2D eigenvalue weighted by molar-refractivity contribution is 4.78. The number of unbranched alkanes of at least 4 members (excludes halogenated alkanes) is 8. The molecule has 0 bridgehead atoms. The van der Waals surface area contributed by atoms with Crippen LogP contribution in [0.1, 0.15) is 104 Å². The Hall–Kier alpha value is 0. The third-order valence-electron chi connectivity index (χ3n) is 4.60. The van der Waals surface area contributed by atoms with Gasteiger partial charge in [0.05, 0.1) is 0 Å². The molecule has 0 aliphatic heterocycles. The summed E-state index contributed by atoms with van der Waals surface area (Å²) in [5, 5.41) is 0. The molecule has 0 N–H and O–H groups in total. The van der Waals surface area contributed by atoms with Crippen molar-refractivity contribution >= 4 is 0 Å². The van der Waals surface area contributed by atoms with E-state index in [9.17, 15) is 0 Å². The van der Waals surface area contributed by atoms with Gasteiger partial charge in [-0.2, -0.15) is 0 Å². The third-order valence-corrected chi connectivity index (χ3v) is 4.60. The van der Waals surface area contributed by atoms with E-state index in [4.69, 9.17) is 0 Å². The molecule has 1 fully saturated rings. The number of hydrogen-bond donors (Lipinski definition) is 0. The summed E-state index contributed by atoms with van der Waals surface area (Å²) in [4.78, 5) is 0. The van der Waals surface area contributed by atoms with Gasteiger partial charge in [0.25, 0.3) is 0 Å². The SMILES string of the molecule is [CH2]C1CCCC1CCCC.[CH2]CCCCCCCCC. The molecule has 0 aromatic heterocycles. The van der Waals surface area contributed by atoms with Crippen molar-refractivity contribution in [3.8, 4) is 0 Å². The molecule has 120 valence electrons. The van der Waals surface area contributed by atoms with Crippen LogP contribution >= 0.6 is 0 Å².